The van der Waals surface area contributed by atoms with E-state index in [-0.39, 0.29) is 29.4 Å². The van der Waals surface area contributed by atoms with Crippen molar-refractivity contribution in [2.45, 2.75) is 25.9 Å². The lowest BCUT2D eigenvalue weighted by molar-refractivity contribution is -0.275. The van der Waals surface area contributed by atoms with Crippen molar-refractivity contribution in [2.75, 3.05) is 7.11 Å². The van der Waals surface area contributed by atoms with Gasteiger partial charge in [-0.25, -0.2) is 9.59 Å². The highest BCUT2D eigenvalue weighted by molar-refractivity contribution is 14.1. The minimum atomic E-state index is -4.74. The molecule has 0 bridgehead atoms. The molecule has 0 fully saturated rings. The van der Waals surface area contributed by atoms with Crippen LogP contribution in [0.25, 0.3) is 11.1 Å². The lowest BCUT2D eigenvalue weighted by atomic mass is 9.80. The molecule has 0 saturated heterocycles. The molecule has 0 aromatic heterocycles. The maximum absolute atomic E-state index is 12.2. The molecular formula is C43H34BF6IO10. The summed E-state index contributed by atoms with van der Waals surface area (Å²) < 4.78 is 96.2. The Balaban J connectivity index is 0.000000215. The van der Waals surface area contributed by atoms with Crippen LogP contribution in [0.5, 0.6) is 23.0 Å². The van der Waals surface area contributed by atoms with Crippen LogP contribution in [0.4, 0.5) is 26.3 Å². The molecule has 6 aromatic rings. The van der Waals surface area contributed by atoms with Gasteiger partial charge in [0.2, 0.25) is 0 Å². The Labute approximate surface area is 359 Å². The fraction of sp³-hybridized carbons (Fsp3) is 0.116. The van der Waals surface area contributed by atoms with E-state index in [1.165, 1.54) is 37.4 Å². The molecule has 0 aliphatic carbocycles. The average molecular weight is 962 g/mol. The molecule has 61 heavy (non-hydrogen) atoms. The van der Waals surface area contributed by atoms with Crippen molar-refractivity contribution in [2.24, 2.45) is 0 Å². The fourth-order valence-corrected chi connectivity index (χ4v) is 5.36. The number of halogens is 7. The van der Waals surface area contributed by atoms with Gasteiger partial charge in [-0.15, -0.1) is 26.3 Å². The molecule has 0 radical (unpaired) electrons. The number of rotatable bonds is 12. The standard InChI is InChI=1S/C21H15F3O4.C15H13IO3.C7H6BF3O3/c22-21(23,24)28-19-10-6-16(7-11-19)15-4-8-18(9-5-15)27-13-14-2-1-3-17(12-14)20(25)26;1-18-15(17)12-4-2-3-11(9-12)10-19-14-7-5-13(16)6-8-14;9-7(10,11)14-6-3-1-5(2-4-6)8(12)13/h1-12H,13H2,(H,25,26);2-9H,10H2,1H3;1-4,12-13H. The normalized spacial score (nSPS) is 10.8. The third-order valence-electron chi connectivity index (χ3n) is 7.83. The second kappa shape index (κ2) is 22.4. The fourth-order valence-electron chi connectivity index (χ4n) is 5.00. The number of hydrogen-bond donors (Lipinski definition) is 3. The van der Waals surface area contributed by atoms with Crippen LogP contribution in [-0.4, -0.2) is 54.0 Å². The van der Waals surface area contributed by atoms with Gasteiger partial charge in [-0.2, -0.15) is 0 Å². The zero-order valence-electron chi connectivity index (χ0n) is 31.7. The number of carbonyl (C=O) groups is 2. The first-order valence-corrected chi connectivity index (χ1v) is 18.6. The molecule has 0 saturated carbocycles. The topological polar surface area (TPSA) is 141 Å². The van der Waals surface area contributed by atoms with Gasteiger partial charge in [0.15, 0.2) is 0 Å². The monoisotopic (exact) mass is 962 g/mol. The Morgan fingerprint density at radius 1 is 0.574 bits per heavy atom. The van der Waals surface area contributed by atoms with Crippen molar-refractivity contribution in [3.8, 4) is 34.1 Å². The molecule has 0 atom stereocenters. The molecule has 0 unspecified atom stereocenters. The third-order valence-corrected chi connectivity index (χ3v) is 8.55. The van der Waals surface area contributed by atoms with Gasteiger partial charge in [0.05, 0.1) is 18.2 Å². The van der Waals surface area contributed by atoms with Crippen molar-refractivity contribution in [1.29, 1.82) is 0 Å². The van der Waals surface area contributed by atoms with E-state index >= 15 is 0 Å². The molecule has 18 heteroatoms. The van der Waals surface area contributed by atoms with Crippen LogP contribution in [0.2, 0.25) is 0 Å². The van der Waals surface area contributed by atoms with Crippen LogP contribution in [0, 0.1) is 3.57 Å². The summed E-state index contributed by atoms with van der Waals surface area (Å²) >= 11 is 2.25. The van der Waals surface area contributed by atoms with Crippen molar-refractivity contribution < 1.29 is 74.8 Å². The molecule has 6 aromatic carbocycles. The van der Waals surface area contributed by atoms with Gasteiger partial charge in [-0.3, -0.25) is 0 Å². The summed E-state index contributed by atoms with van der Waals surface area (Å²) in [6, 6.07) is 38.4. The largest absolute Gasteiger partial charge is 0.573 e. The maximum Gasteiger partial charge on any atom is 0.573 e. The number of carboxylic acid groups (broad SMARTS) is 1. The minimum Gasteiger partial charge on any atom is -0.489 e. The first-order chi connectivity index (χ1) is 28.9. The first-order valence-electron chi connectivity index (χ1n) is 17.6. The molecule has 318 valence electrons. The number of alkyl halides is 6. The molecular weight excluding hydrogens is 928 g/mol. The summed E-state index contributed by atoms with van der Waals surface area (Å²) in [7, 11) is -0.327. The Morgan fingerprint density at radius 3 is 1.38 bits per heavy atom. The van der Waals surface area contributed by atoms with Gasteiger partial charge in [-0.1, -0.05) is 60.7 Å². The number of ether oxygens (including phenoxy) is 5. The summed E-state index contributed by atoms with van der Waals surface area (Å²) in [5, 5.41) is 26.3. The molecule has 10 nitrogen and oxygen atoms in total. The second-order valence-corrected chi connectivity index (χ2v) is 13.6. The molecule has 0 aliphatic rings. The van der Waals surface area contributed by atoms with Crippen LogP contribution < -0.4 is 24.4 Å². The second-order valence-electron chi connectivity index (χ2n) is 12.3. The third kappa shape index (κ3) is 17.1. The number of esters is 1. The Hall–Kier alpha value is -6.25. The van der Waals surface area contributed by atoms with Gasteiger partial charge in [0.1, 0.15) is 36.2 Å². The molecule has 0 spiro atoms. The van der Waals surface area contributed by atoms with E-state index in [1.54, 1.807) is 54.6 Å². The van der Waals surface area contributed by atoms with Gasteiger partial charge < -0.3 is 38.8 Å². The average Bonchev–Trinajstić information content (AvgIpc) is 3.22. The zero-order valence-corrected chi connectivity index (χ0v) is 33.9. The van der Waals surface area contributed by atoms with Crippen molar-refractivity contribution in [1.82, 2.24) is 0 Å². The predicted molar refractivity (Wildman–Crippen MR) is 221 cm³/mol. The quantitative estimate of drug-likeness (QED) is 0.0470. The highest BCUT2D eigenvalue weighted by Crippen LogP contribution is 2.28. The van der Waals surface area contributed by atoms with E-state index in [1.807, 2.05) is 36.4 Å². The van der Waals surface area contributed by atoms with Crippen LogP contribution in [-0.2, 0) is 18.0 Å². The Kier molecular flexibility index (Phi) is 17.4. The van der Waals surface area contributed by atoms with Gasteiger partial charge >= 0.3 is 31.8 Å². The predicted octanol–water partition coefficient (Wildman–Crippen LogP) is 9.45. The molecule has 6 rings (SSSR count). The van der Waals surface area contributed by atoms with Crippen molar-refractivity contribution in [3.63, 3.8) is 0 Å². The number of carboxylic acids is 1. The number of hydrogen-bond acceptors (Lipinski definition) is 9. The Morgan fingerprint density at radius 2 is 0.967 bits per heavy atom. The van der Waals surface area contributed by atoms with E-state index in [2.05, 4.69) is 36.8 Å². The van der Waals surface area contributed by atoms with E-state index in [9.17, 15) is 35.9 Å². The van der Waals surface area contributed by atoms with Crippen LogP contribution in [0.15, 0.2) is 146 Å². The number of benzene rings is 6. The van der Waals surface area contributed by atoms with Crippen molar-refractivity contribution in [3.05, 3.63) is 171 Å². The van der Waals surface area contributed by atoms with Crippen LogP contribution >= 0.6 is 22.6 Å². The summed E-state index contributed by atoms with van der Waals surface area (Å²) in [5.74, 6) is -0.624. The highest BCUT2D eigenvalue weighted by Gasteiger charge is 2.31. The highest BCUT2D eigenvalue weighted by atomic mass is 127. The molecule has 0 heterocycles. The summed E-state index contributed by atoms with van der Waals surface area (Å²) in [4.78, 5) is 22.4. The minimum absolute atomic E-state index is 0.0968. The smallest absolute Gasteiger partial charge is 0.489 e. The Bertz CT molecular complexity index is 2310. The van der Waals surface area contributed by atoms with E-state index < -0.39 is 31.6 Å². The van der Waals surface area contributed by atoms with Gasteiger partial charge in [-0.05, 0) is 135 Å². The number of aromatic carboxylic acids is 1. The van der Waals surface area contributed by atoms with E-state index in [4.69, 9.17) is 24.6 Å². The van der Waals surface area contributed by atoms with Crippen molar-refractivity contribution >= 4 is 47.1 Å². The van der Waals surface area contributed by atoms with E-state index in [0.29, 0.717) is 17.9 Å². The van der Waals surface area contributed by atoms with E-state index in [0.717, 1.165) is 55.8 Å². The SMILES string of the molecule is COC(=O)c1cccc(COc2ccc(I)cc2)c1.O=C(O)c1cccc(COc2ccc(-c3ccc(OC(F)(F)F)cc3)cc2)c1.OB(O)c1ccc(OC(F)(F)F)cc1. The molecule has 3 N–H and O–H groups in total. The number of carbonyl (C=O) groups excluding carboxylic acids is 1. The van der Waals surface area contributed by atoms with Crippen LogP contribution in [0.3, 0.4) is 0 Å². The van der Waals surface area contributed by atoms with Crippen LogP contribution in [0.1, 0.15) is 31.8 Å². The first kappa shape index (κ1) is 47.4. The lowest BCUT2D eigenvalue weighted by Gasteiger charge is -2.10. The van der Waals surface area contributed by atoms with Gasteiger partial charge in [0.25, 0.3) is 0 Å². The molecule has 0 aliphatic heterocycles. The summed E-state index contributed by atoms with van der Waals surface area (Å²) in [5.41, 5.74) is 4.01. The zero-order chi connectivity index (χ0) is 44.6. The summed E-state index contributed by atoms with van der Waals surface area (Å²) in [6.07, 6.45) is -9.45. The lowest BCUT2D eigenvalue weighted by Crippen LogP contribution is -2.29. The number of methoxy groups -OCH3 is 1. The maximum atomic E-state index is 12.2. The van der Waals surface area contributed by atoms with Gasteiger partial charge in [0, 0.05) is 3.57 Å². The molecule has 0 amide bonds. The summed E-state index contributed by atoms with van der Waals surface area (Å²) in [6.45, 7) is 0.634.